The average molecular weight is 381 g/mol. The molecule has 1 aromatic carbocycles. The minimum atomic E-state index is -0.371. The van der Waals surface area contributed by atoms with Crippen molar-refractivity contribution in [2.45, 2.75) is 14.0 Å². The monoisotopic (exact) mass is 381 g/mol. The fraction of sp³-hybridized carbons (Fsp3) is 0.333. The number of piperazine rings is 1. The number of fused-ring (bicyclic) bond motifs is 1. The van der Waals surface area contributed by atoms with Crippen molar-refractivity contribution in [3.63, 3.8) is 0 Å². The average Bonchev–Trinajstić information content (AvgIpc) is 2.69. The fourth-order valence-electron chi connectivity index (χ4n) is 3.33. The molecule has 4 rings (SSSR count). The molecule has 28 heavy (non-hydrogen) atoms. The lowest BCUT2D eigenvalue weighted by molar-refractivity contribution is 0.280. The predicted octanol–water partition coefficient (Wildman–Crippen LogP) is 2.32. The van der Waals surface area contributed by atoms with E-state index in [-0.39, 0.29) is 25.2 Å². The zero-order valence-corrected chi connectivity index (χ0v) is 15.3. The van der Waals surface area contributed by atoms with Crippen molar-refractivity contribution < 1.29 is 5.11 Å². The Balaban J connectivity index is 0.00000225. The van der Waals surface area contributed by atoms with Crippen molar-refractivity contribution in [2.75, 3.05) is 43.4 Å². The van der Waals surface area contributed by atoms with Gasteiger partial charge in [0.1, 0.15) is 11.5 Å². The van der Waals surface area contributed by atoms with Crippen LogP contribution < -0.4 is 15.8 Å². The van der Waals surface area contributed by atoms with Crippen LogP contribution in [0.25, 0.3) is 5.65 Å². The summed E-state index contributed by atoms with van der Waals surface area (Å²) in [5, 5.41) is 12.9. The summed E-state index contributed by atoms with van der Waals surface area (Å²) in [5.74, 6) is 0.393. The molecule has 2 N–H and O–H groups in total. The molecule has 0 radical (unpaired) electrons. The number of aliphatic hydroxyl groups is 1. The van der Waals surface area contributed by atoms with Gasteiger partial charge in [-0.2, -0.15) is 0 Å². The molecule has 3 aromatic rings. The zero-order valence-electron chi connectivity index (χ0n) is 15.3. The molecule has 0 saturated carbocycles. The summed E-state index contributed by atoms with van der Waals surface area (Å²) >= 11 is 0. The Labute approximate surface area is 164 Å². The molecule has 3 heterocycles. The van der Waals surface area contributed by atoms with Gasteiger partial charge in [-0.15, -0.1) is 0 Å². The SMILES string of the molecule is C.CN1CCN(c2ccn3c(=O)c(CO)c(Nc4ccccc4)nc3c2)CC1. The quantitative estimate of drug-likeness (QED) is 0.723. The van der Waals surface area contributed by atoms with Crippen LogP contribution in [0.3, 0.4) is 0 Å². The maximum Gasteiger partial charge on any atom is 0.265 e. The maximum absolute atomic E-state index is 12.8. The van der Waals surface area contributed by atoms with E-state index in [0.717, 1.165) is 37.6 Å². The Morgan fingerprint density at radius 2 is 1.82 bits per heavy atom. The number of hydrogen-bond acceptors (Lipinski definition) is 6. The number of anilines is 3. The van der Waals surface area contributed by atoms with E-state index in [0.29, 0.717) is 11.5 Å². The molecule has 0 unspecified atom stereocenters. The van der Waals surface area contributed by atoms with Crippen LogP contribution in [0.5, 0.6) is 0 Å². The molecule has 7 nitrogen and oxygen atoms in total. The minimum absolute atomic E-state index is 0. The highest BCUT2D eigenvalue weighted by Gasteiger charge is 2.17. The number of likely N-dealkylation sites (N-methyl/N-ethyl adjacent to an activating group) is 1. The Morgan fingerprint density at radius 3 is 2.50 bits per heavy atom. The lowest BCUT2D eigenvalue weighted by atomic mass is 10.2. The summed E-state index contributed by atoms with van der Waals surface area (Å²) in [5.41, 5.74) is 2.43. The third-order valence-electron chi connectivity index (χ3n) is 4.97. The van der Waals surface area contributed by atoms with Gasteiger partial charge in [-0.3, -0.25) is 9.20 Å². The summed E-state index contributed by atoms with van der Waals surface area (Å²) < 4.78 is 1.49. The topological polar surface area (TPSA) is 73.1 Å². The first-order valence-electron chi connectivity index (χ1n) is 9.07. The fourth-order valence-corrected chi connectivity index (χ4v) is 3.33. The number of pyridine rings is 1. The Hall–Kier alpha value is -2.90. The second kappa shape index (κ2) is 8.41. The lowest BCUT2D eigenvalue weighted by Crippen LogP contribution is -2.44. The summed E-state index contributed by atoms with van der Waals surface area (Å²) in [6.07, 6.45) is 1.74. The Kier molecular flexibility index (Phi) is 5.96. The van der Waals surface area contributed by atoms with Crippen molar-refractivity contribution in [1.82, 2.24) is 14.3 Å². The van der Waals surface area contributed by atoms with Gasteiger partial charge in [0.25, 0.3) is 5.56 Å². The van der Waals surface area contributed by atoms with Crippen LogP contribution in [0.15, 0.2) is 53.5 Å². The number of benzene rings is 1. The molecular weight excluding hydrogens is 354 g/mol. The van der Waals surface area contributed by atoms with Gasteiger partial charge in [-0.05, 0) is 25.2 Å². The summed E-state index contributed by atoms with van der Waals surface area (Å²) in [6, 6.07) is 13.4. The molecule has 0 bridgehead atoms. The normalized spacial score (nSPS) is 14.7. The third-order valence-corrected chi connectivity index (χ3v) is 4.97. The van der Waals surface area contributed by atoms with Crippen LogP contribution in [0.1, 0.15) is 13.0 Å². The van der Waals surface area contributed by atoms with Gasteiger partial charge in [-0.25, -0.2) is 4.98 Å². The summed E-state index contributed by atoms with van der Waals surface area (Å²) in [6.45, 7) is 3.54. The highest BCUT2D eigenvalue weighted by Crippen LogP contribution is 2.21. The molecule has 148 valence electrons. The van der Waals surface area contributed by atoms with E-state index in [1.165, 1.54) is 4.40 Å². The number of aliphatic hydroxyl groups excluding tert-OH is 1. The number of aromatic nitrogens is 2. The van der Waals surface area contributed by atoms with Crippen molar-refractivity contribution in [1.29, 1.82) is 0 Å². The molecule has 0 spiro atoms. The smallest absolute Gasteiger partial charge is 0.265 e. The molecule has 1 aliphatic heterocycles. The van der Waals surface area contributed by atoms with Crippen LogP contribution in [0.2, 0.25) is 0 Å². The maximum atomic E-state index is 12.8. The number of para-hydroxylation sites is 1. The van der Waals surface area contributed by atoms with Crippen LogP contribution in [0.4, 0.5) is 17.2 Å². The first kappa shape index (κ1) is 19.9. The molecular formula is C21H27N5O2. The molecule has 0 amide bonds. The van der Waals surface area contributed by atoms with Crippen LogP contribution >= 0.6 is 0 Å². The van der Waals surface area contributed by atoms with Crippen LogP contribution in [-0.4, -0.2) is 52.6 Å². The van der Waals surface area contributed by atoms with Crippen molar-refractivity contribution in [2.24, 2.45) is 0 Å². The highest BCUT2D eigenvalue weighted by molar-refractivity contribution is 5.64. The van der Waals surface area contributed by atoms with Crippen molar-refractivity contribution in [3.8, 4) is 0 Å². The molecule has 1 saturated heterocycles. The number of nitrogens with one attached hydrogen (secondary N) is 1. The predicted molar refractivity (Wildman–Crippen MR) is 114 cm³/mol. The van der Waals surface area contributed by atoms with Crippen molar-refractivity contribution in [3.05, 3.63) is 64.6 Å². The van der Waals surface area contributed by atoms with Gasteiger partial charge >= 0.3 is 0 Å². The largest absolute Gasteiger partial charge is 0.391 e. The molecule has 0 aliphatic carbocycles. The van der Waals surface area contributed by atoms with Crippen LogP contribution in [0, 0.1) is 0 Å². The number of rotatable bonds is 4. The standard InChI is InChI=1S/C20H23N5O2.CH4/c1-23-9-11-24(12-10-23)16-7-8-25-18(13-16)22-19(17(14-26)20(25)27)21-15-5-3-2-4-6-15;/h2-8,13,21,26H,9-12,14H2,1H3;1H4. The van der Waals surface area contributed by atoms with Gasteiger partial charge in [0, 0.05) is 49.8 Å². The summed E-state index contributed by atoms with van der Waals surface area (Å²) in [4.78, 5) is 22.0. The van der Waals surface area contributed by atoms with Gasteiger partial charge in [0.05, 0.1) is 12.2 Å². The van der Waals surface area contributed by atoms with E-state index in [4.69, 9.17) is 0 Å². The molecule has 1 fully saturated rings. The van der Waals surface area contributed by atoms with E-state index < -0.39 is 0 Å². The number of nitrogens with zero attached hydrogens (tertiary/aromatic N) is 4. The first-order valence-corrected chi connectivity index (χ1v) is 9.07. The number of hydrogen-bond donors (Lipinski definition) is 2. The Morgan fingerprint density at radius 1 is 1.11 bits per heavy atom. The molecule has 0 atom stereocenters. The first-order chi connectivity index (χ1) is 13.2. The third kappa shape index (κ3) is 3.85. The lowest BCUT2D eigenvalue weighted by Gasteiger charge is -2.34. The van der Waals surface area contributed by atoms with Gasteiger partial charge in [0.15, 0.2) is 0 Å². The highest BCUT2D eigenvalue weighted by atomic mass is 16.3. The Bertz CT molecular complexity index is 995. The minimum Gasteiger partial charge on any atom is -0.391 e. The van der Waals surface area contributed by atoms with Gasteiger partial charge in [0.2, 0.25) is 0 Å². The summed E-state index contributed by atoms with van der Waals surface area (Å²) in [7, 11) is 2.12. The van der Waals surface area contributed by atoms with Gasteiger partial charge in [-0.1, -0.05) is 25.6 Å². The van der Waals surface area contributed by atoms with Crippen molar-refractivity contribution >= 4 is 22.8 Å². The van der Waals surface area contributed by atoms with Gasteiger partial charge < -0.3 is 20.2 Å². The zero-order chi connectivity index (χ0) is 18.8. The van der Waals surface area contributed by atoms with Crippen LogP contribution in [-0.2, 0) is 6.61 Å². The van der Waals surface area contributed by atoms with E-state index in [9.17, 15) is 9.90 Å². The molecule has 7 heteroatoms. The second-order valence-corrected chi connectivity index (χ2v) is 6.80. The molecule has 2 aromatic heterocycles. The van der Waals surface area contributed by atoms with E-state index in [1.807, 2.05) is 42.5 Å². The molecule has 1 aliphatic rings. The van der Waals surface area contributed by atoms with E-state index in [2.05, 4.69) is 27.1 Å². The second-order valence-electron chi connectivity index (χ2n) is 6.80. The van der Waals surface area contributed by atoms with E-state index in [1.54, 1.807) is 6.20 Å². The van der Waals surface area contributed by atoms with E-state index >= 15 is 0 Å².